The maximum absolute atomic E-state index is 11.7. The minimum absolute atomic E-state index is 0.229. The first-order chi connectivity index (χ1) is 7.12. The maximum Gasteiger partial charge on any atom is 0.140 e. The molecule has 0 atom stereocenters. The van der Waals surface area contributed by atoms with Crippen molar-refractivity contribution >= 4 is 21.7 Å². The lowest BCUT2D eigenvalue weighted by atomic mass is 9.91. The van der Waals surface area contributed by atoms with Crippen LogP contribution in [0, 0.1) is 0 Å². The van der Waals surface area contributed by atoms with Crippen molar-refractivity contribution in [3.8, 4) is 5.75 Å². The summed E-state index contributed by atoms with van der Waals surface area (Å²) in [6.07, 6.45) is 1.86. The fourth-order valence-corrected chi connectivity index (χ4v) is 2.77. The molecule has 2 rings (SSSR count). The van der Waals surface area contributed by atoms with Gasteiger partial charge in [-0.25, -0.2) is 0 Å². The Labute approximate surface area is 97.8 Å². The Hall–Kier alpha value is -0.830. The minimum atomic E-state index is -0.286. The SMILES string of the molecule is COc1cccc(Br)c1C1(C(C)=O)CC1. The van der Waals surface area contributed by atoms with Gasteiger partial charge in [0.15, 0.2) is 0 Å². The van der Waals surface area contributed by atoms with Crippen molar-refractivity contribution < 1.29 is 9.53 Å². The molecule has 0 heterocycles. The molecular formula is C12H13BrO2. The molecule has 80 valence electrons. The quantitative estimate of drug-likeness (QED) is 0.842. The van der Waals surface area contributed by atoms with Crippen molar-refractivity contribution in [2.75, 3.05) is 7.11 Å². The molecule has 0 amide bonds. The van der Waals surface area contributed by atoms with Gasteiger partial charge in [0.25, 0.3) is 0 Å². The van der Waals surface area contributed by atoms with Gasteiger partial charge in [0.1, 0.15) is 11.5 Å². The standard InChI is InChI=1S/C12H13BrO2/c1-8(14)12(6-7-12)11-9(13)4-3-5-10(11)15-2/h3-5H,6-7H2,1-2H3. The summed E-state index contributed by atoms with van der Waals surface area (Å²) in [5, 5.41) is 0. The summed E-state index contributed by atoms with van der Waals surface area (Å²) in [5.41, 5.74) is 0.728. The van der Waals surface area contributed by atoms with Crippen LogP contribution < -0.4 is 4.74 Å². The molecule has 1 aliphatic rings. The van der Waals surface area contributed by atoms with E-state index in [-0.39, 0.29) is 11.2 Å². The number of methoxy groups -OCH3 is 1. The summed E-state index contributed by atoms with van der Waals surface area (Å²) >= 11 is 3.50. The number of hydrogen-bond donors (Lipinski definition) is 0. The van der Waals surface area contributed by atoms with Gasteiger partial charge in [0.2, 0.25) is 0 Å². The zero-order chi connectivity index (χ0) is 11.1. The van der Waals surface area contributed by atoms with Crippen LogP contribution in [-0.4, -0.2) is 12.9 Å². The highest BCUT2D eigenvalue weighted by atomic mass is 79.9. The van der Waals surface area contributed by atoms with E-state index in [1.807, 2.05) is 18.2 Å². The Kier molecular flexibility index (Phi) is 2.59. The van der Waals surface area contributed by atoms with E-state index in [2.05, 4.69) is 15.9 Å². The van der Waals surface area contributed by atoms with Crippen LogP contribution in [0.2, 0.25) is 0 Å². The van der Waals surface area contributed by atoms with Crippen LogP contribution in [0.5, 0.6) is 5.75 Å². The number of carbonyl (C=O) groups is 1. The smallest absolute Gasteiger partial charge is 0.140 e. The van der Waals surface area contributed by atoms with Crippen molar-refractivity contribution in [3.63, 3.8) is 0 Å². The van der Waals surface area contributed by atoms with Gasteiger partial charge in [-0.3, -0.25) is 4.79 Å². The van der Waals surface area contributed by atoms with E-state index in [0.717, 1.165) is 28.6 Å². The predicted octanol–water partition coefficient (Wildman–Crippen LogP) is 3.08. The molecule has 15 heavy (non-hydrogen) atoms. The maximum atomic E-state index is 11.7. The topological polar surface area (TPSA) is 26.3 Å². The van der Waals surface area contributed by atoms with Gasteiger partial charge in [-0.05, 0) is 31.9 Å². The third kappa shape index (κ3) is 1.59. The summed E-state index contributed by atoms with van der Waals surface area (Å²) in [6, 6.07) is 5.78. The van der Waals surface area contributed by atoms with Crippen LogP contribution in [0.3, 0.4) is 0 Å². The molecule has 0 spiro atoms. The number of ketones is 1. The summed E-state index contributed by atoms with van der Waals surface area (Å²) in [7, 11) is 1.64. The van der Waals surface area contributed by atoms with Crippen LogP contribution in [0.1, 0.15) is 25.3 Å². The number of carbonyl (C=O) groups excluding carboxylic acids is 1. The highest BCUT2D eigenvalue weighted by molar-refractivity contribution is 9.10. The average Bonchev–Trinajstić information content (AvgIpc) is 2.98. The summed E-state index contributed by atoms with van der Waals surface area (Å²) < 4.78 is 6.29. The zero-order valence-electron chi connectivity index (χ0n) is 8.84. The van der Waals surface area contributed by atoms with Crippen LogP contribution in [0.4, 0.5) is 0 Å². The molecule has 0 bridgehead atoms. The fraction of sp³-hybridized carbons (Fsp3) is 0.417. The molecule has 0 saturated heterocycles. The van der Waals surface area contributed by atoms with Crippen molar-refractivity contribution in [2.24, 2.45) is 0 Å². The van der Waals surface area contributed by atoms with E-state index in [9.17, 15) is 4.79 Å². The number of Topliss-reactive ketones (excluding diaryl/α,β-unsaturated/α-hetero) is 1. The number of halogens is 1. The van der Waals surface area contributed by atoms with E-state index < -0.39 is 0 Å². The van der Waals surface area contributed by atoms with Crippen LogP contribution in [-0.2, 0) is 10.2 Å². The second-order valence-corrected chi connectivity index (χ2v) is 4.81. The first kappa shape index (κ1) is 10.7. The molecule has 3 heteroatoms. The largest absolute Gasteiger partial charge is 0.496 e. The van der Waals surface area contributed by atoms with Gasteiger partial charge >= 0.3 is 0 Å². The Morgan fingerprint density at radius 2 is 2.13 bits per heavy atom. The van der Waals surface area contributed by atoms with E-state index in [4.69, 9.17) is 4.74 Å². The molecule has 1 aromatic rings. The first-order valence-electron chi connectivity index (χ1n) is 4.96. The highest BCUT2D eigenvalue weighted by Crippen LogP contribution is 2.54. The molecular weight excluding hydrogens is 256 g/mol. The van der Waals surface area contributed by atoms with Crippen LogP contribution in [0.25, 0.3) is 0 Å². The lowest BCUT2D eigenvalue weighted by Gasteiger charge is -2.17. The minimum Gasteiger partial charge on any atom is -0.496 e. The monoisotopic (exact) mass is 268 g/mol. The normalized spacial score (nSPS) is 17.3. The fourth-order valence-electron chi connectivity index (χ4n) is 2.04. The third-order valence-corrected chi connectivity index (χ3v) is 3.76. The van der Waals surface area contributed by atoms with Gasteiger partial charge in [0.05, 0.1) is 12.5 Å². The molecule has 1 aliphatic carbocycles. The van der Waals surface area contributed by atoms with Crippen LogP contribution >= 0.6 is 15.9 Å². The predicted molar refractivity (Wildman–Crippen MR) is 62.3 cm³/mol. The lowest BCUT2D eigenvalue weighted by molar-refractivity contribution is -0.119. The van der Waals surface area contributed by atoms with E-state index in [0.29, 0.717) is 0 Å². The Balaban J connectivity index is 2.56. The number of ether oxygens (including phenoxy) is 1. The van der Waals surface area contributed by atoms with E-state index in [1.165, 1.54) is 0 Å². The molecule has 1 fully saturated rings. The number of benzene rings is 1. The lowest BCUT2D eigenvalue weighted by Crippen LogP contribution is -2.18. The Morgan fingerprint density at radius 1 is 1.47 bits per heavy atom. The second kappa shape index (κ2) is 3.63. The molecule has 0 radical (unpaired) electrons. The van der Waals surface area contributed by atoms with Crippen molar-refractivity contribution in [1.82, 2.24) is 0 Å². The van der Waals surface area contributed by atoms with Gasteiger partial charge < -0.3 is 4.74 Å². The molecule has 1 aromatic carbocycles. The zero-order valence-corrected chi connectivity index (χ0v) is 10.4. The van der Waals surface area contributed by atoms with Crippen molar-refractivity contribution in [1.29, 1.82) is 0 Å². The summed E-state index contributed by atoms with van der Waals surface area (Å²) in [4.78, 5) is 11.7. The molecule has 2 nitrogen and oxygen atoms in total. The summed E-state index contributed by atoms with van der Waals surface area (Å²) in [6.45, 7) is 1.66. The first-order valence-corrected chi connectivity index (χ1v) is 5.75. The molecule has 1 saturated carbocycles. The van der Waals surface area contributed by atoms with Gasteiger partial charge in [-0.15, -0.1) is 0 Å². The van der Waals surface area contributed by atoms with E-state index >= 15 is 0 Å². The molecule has 0 aliphatic heterocycles. The Morgan fingerprint density at radius 3 is 2.60 bits per heavy atom. The van der Waals surface area contributed by atoms with Gasteiger partial charge in [-0.2, -0.15) is 0 Å². The third-order valence-electron chi connectivity index (χ3n) is 3.10. The average molecular weight is 269 g/mol. The number of rotatable bonds is 3. The molecule has 0 aromatic heterocycles. The molecule has 0 N–H and O–H groups in total. The molecule has 0 unspecified atom stereocenters. The van der Waals surface area contributed by atoms with Gasteiger partial charge in [-0.1, -0.05) is 22.0 Å². The Bertz CT molecular complexity index is 408. The highest BCUT2D eigenvalue weighted by Gasteiger charge is 2.51. The van der Waals surface area contributed by atoms with Crippen molar-refractivity contribution in [2.45, 2.75) is 25.2 Å². The summed E-state index contributed by atoms with van der Waals surface area (Å²) in [5.74, 6) is 1.03. The number of hydrogen-bond acceptors (Lipinski definition) is 2. The van der Waals surface area contributed by atoms with Gasteiger partial charge in [0, 0.05) is 10.0 Å². The van der Waals surface area contributed by atoms with E-state index in [1.54, 1.807) is 14.0 Å². The van der Waals surface area contributed by atoms with Crippen LogP contribution in [0.15, 0.2) is 22.7 Å². The van der Waals surface area contributed by atoms with Crippen molar-refractivity contribution in [3.05, 3.63) is 28.2 Å². The second-order valence-electron chi connectivity index (χ2n) is 3.96.